The Morgan fingerprint density at radius 2 is 1.76 bits per heavy atom. The quantitative estimate of drug-likeness (QED) is 0.875. The number of benzene rings is 1. The van der Waals surface area contributed by atoms with Crippen molar-refractivity contribution in [3.05, 3.63) is 27.7 Å². The molecule has 0 saturated heterocycles. The average molecular weight is 300 g/mol. The Morgan fingerprint density at radius 3 is 2.24 bits per heavy atom. The monoisotopic (exact) mass is 299 g/mol. The number of halogens is 1. The molecule has 0 spiro atoms. The highest BCUT2D eigenvalue weighted by atomic mass is 79.9. The van der Waals surface area contributed by atoms with Crippen LogP contribution in [-0.4, -0.2) is 19.3 Å². The molecule has 2 nitrogen and oxygen atoms in total. The number of hydrogen-bond acceptors (Lipinski definition) is 2. The number of nitrogens with one attached hydrogen (secondary N) is 1. The molecular formula is C14H22BrNO. The molecule has 17 heavy (non-hydrogen) atoms. The zero-order chi connectivity index (χ0) is 13.1. The van der Waals surface area contributed by atoms with E-state index < -0.39 is 0 Å². The standard InChI is InChI=1S/C14H22BrNO/c1-10-8-12(9-11(2)13(10)15)16-7-6-14(3,4)17-5/h8-9,16H,6-7H2,1-5H3. The van der Waals surface area contributed by atoms with E-state index in [1.54, 1.807) is 7.11 Å². The van der Waals surface area contributed by atoms with Gasteiger partial charge in [-0.2, -0.15) is 0 Å². The van der Waals surface area contributed by atoms with E-state index in [0.717, 1.165) is 13.0 Å². The fourth-order valence-electron chi connectivity index (χ4n) is 1.66. The van der Waals surface area contributed by atoms with E-state index in [1.165, 1.54) is 21.3 Å². The maximum atomic E-state index is 5.39. The number of hydrogen-bond donors (Lipinski definition) is 1. The highest BCUT2D eigenvalue weighted by molar-refractivity contribution is 9.10. The molecule has 0 bridgehead atoms. The van der Waals surface area contributed by atoms with E-state index >= 15 is 0 Å². The van der Waals surface area contributed by atoms with Gasteiger partial charge < -0.3 is 10.1 Å². The highest BCUT2D eigenvalue weighted by Crippen LogP contribution is 2.25. The van der Waals surface area contributed by atoms with Gasteiger partial charge in [0.2, 0.25) is 0 Å². The Morgan fingerprint density at radius 1 is 1.24 bits per heavy atom. The number of anilines is 1. The van der Waals surface area contributed by atoms with E-state index in [-0.39, 0.29) is 5.60 Å². The lowest BCUT2D eigenvalue weighted by Crippen LogP contribution is -2.25. The summed E-state index contributed by atoms with van der Waals surface area (Å²) in [6.07, 6.45) is 0.984. The molecule has 0 aliphatic carbocycles. The van der Waals surface area contributed by atoms with Gasteiger partial charge in [-0.3, -0.25) is 0 Å². The van der Waals surface area contributed by atoms with Crippen LogP contribution in [0.5, 0.6) is 0 Å². The molecule has 0 atom stereocenters. The Hall–Kier alpha value is -0.540. The van der Waals surface area contributed by atoms with Gasteiger partial charge in [-0.25, -0.2) is 0 Å². The number of rotatable bonds is 5. The summed E-state index contributed by atoms with van der Waals surface area (Å²) in [5.74, 6) is 0. The second kappa shape index (κ2) is 5.87. The van der Waals surface area contributed by atoms with Crippen molar-refractivity contribution in [2.45, 2.75) is 39.7 Å². The van der Waals surface area contributed by atoms with Gasteiger partial charge >= 0.3 is 0 Å². The fourth-order valence-corrected chi connectivity index (χ4v) is 1.89. The molecule has 1 aromatic rings. The Labute approximate surface area is 113 Å². The lowest BCUT2D eigenvalue weighted by Gasteiger charge is -2.23. The Balaban J connectivity index is 2.59. The average Bonchev–Trinajstić information content (AvgIpc) is 2.25. The van der Waals surface area contributed by atoms with Gasteiger partial charge in [0.15, 0.2) is 0 Å². The lowest BCUT2D eigenvalue weighted by atomic mass is 10.1. The predicted molar refractivity (Wildman–Crippen MR) is 77.8 cm³/mol. The molecule has 1 rings (SSSR count). The van der Waals surface area contributed by atoms with Gasteiger partial charge in [0.25, 0.3) is 0 Å². The Bertz CT molecular complexity index is 365. The lowest BCUT2D eigenvalue weighted by molar-refractivity contribution is 0.0185. The van der Waals surface area contributed by atoms with Gasteiger partial charge in [-0.15, -0.1) is 0 Å². The van der Waals surface area contributed by atoms with Crippen molar-refractivity contribution in [3.8, 4) is 0 Å². The molecule has 1 aromatic carbocycles. The SMILES string of the molecule is COC(C)(C)CCNc1cc(C)c(Br)c(C)c1. The van der Waals surface area contributed by atoms with Crippen LogP contribution in [-0.2, 0) is 4.74 Å². The van der Waals surface area contributed by atoms with Crippen molar-refractivity contribution < 1.29 is 4.74 Å². The van der Waals surface area contributed by atoms with Gasteiger partial charge in [-0.05, 0) is 57.4 Å². The molecule has 0 saturated carbocycles. The van der Waals surface area contributed by atoms with E-state index in [2.05, 4.69) is 61.1 Å². The summed E-state index contributed by atoms with van der Waals surface area (Å²) in [7, 11) is 1.76. The number of methoxy groups -OCH3 is 1. The molecule has 3 heteroatoms. The van der Waals surface area contributed by atoms with Crippen LogP contribution in [0.3, 0.4) is 0 Å². The van der Waals surface area contributed by atoms with Crippen LogP contribution in [0.15, 0.2) is 16.6 Å². The normalized spacial score (nSPS) is 11.6. The summed E-state index contributed by atoms with van der Waals surface area (Å²) < 4.78 is 6.59. The minimum absolute atomic E-state index is 0.0630. The molecular weight excluding hydrogens is 278 g/mol. The third-order valence-electron chi connectivity index (χ3n) is 3.05. The first-order valence-electron chi connectivity index (χ1n) is 5.91. The first kappa shape index (κ1) is 14.5. The van der Waals surface area contributed by atoms with Crippen LogP contribution in [0.2, 0.25) is 0 Å². The van der Waals surface area contributed by atoms with Crippen molar-refractivity contribution in [3.63, 3.8) is 0 Å². The van der Waals surface area contributed by atoms with Gasteiger partial charge in [-0.1, -0.05) is 15.9 Å². The molecule has 0 aliphatic rings. The molecule has 0 amide bonds. The fraction of sp³-hybridized carbons (Fsp3) is 0.571. The molecule has 96 valence electrons. The predicted octanol–water partition coefficient (Wildman–Crippen LogP) is 4.29. The van der Waals surface area contributed by atoms with Crippen LogP contribution >= 0.6 is 15.9 Å². The second-order valence-corrected chi connectivity index (χ2v) is 5.86. The largest absolute Gasteiger partial charge is 0.385 e. The number of aryl methyl sites for hydroxylation is 2. The van der Waals surface area contributed by atoms with Crippen LogP contribution in [0, 0.1) is 13.8 Å². The van der Waals surface area contributed by atoms with Gasteiger partial charge in [0.1, 0.15) is 0 Å². The van der Waals surface area contributed by atoms with E-state index in [9.17, 15) is 0 Å². The summed E-state index contributed by atoms with van der Waals surface area (Å²) in [4.78, 5) is 0. The maximum absolute atomic E-state index is 5.39. The molecule has 0 unspecified atom stereocenters. The first-order chi connectivity index (χ1) is 7.85. The second-order valence-electron chi connectivity index (χ2n) is 5.06. The third kappa shape index (κ3) is 4.32. The molecule has 0 aromatic heterocycles. The Kier molecular flexibility index (Phi) is 5.02. The number of ether oxygens (including phenoxy) is 1. The zero-order valence-electron chi connectivity index (χ0n) is 11.4. The molecule has 1 N–H and O–H groups in total. The summed E-state index contributed by atoms with van der Waals surface area (Å²) >= 11 is 3.58. The molecule has 0 fully saturated rings. The van der Waals surface area contributed by atoms with Crippen molar-refractivity contribution in [2.24, 2.45) is 0 Å². The first-order valence-corrected chi connectivity index (χ1v) is 6.71. The third-order valence-corrected chi connectivity index (χ3v) is 4.30. The smallest absolute Gasteiger partial charge is 0.0639 e. The highest BCUT2D eigenvalue weighted by Gasteiger charge is 2.15. The van der Waals surface area contributed by atoms with Crippen molar-refractivity contribution in [1.29, 1.82) is 0 Å². The summed E-state index contributed by atoms with van der Waals surface area (Å²) in [5, 5.41) is 3.44. The van der Waals surface area contributed by atoms with Crippen molar-refractivity contribution >= 4 is 21.6 Å². The summed E-state index contributed by atoms with van der Waals surface area (Å²) in [5.41, 5.74) is 3.64. The van der Waals surface area contributed by atoms with Crippen LogP contribution in [0.25, 0.3) is 0 Å². The minimum atomic E-state index is -0.0630. The van der Waals surface area contributed by atoms with E-state index in [1.807, 2.05) is 0 Å². The zero-order valence-corrected chi connectivity index (χ0v) is 12.9. The van der Waals surface area contributed by atoms with Gasteiger partial charge in [0.05, 0.1) is 5.60 Å². The molecule has 0 heterocycles. The molecule has 0 radical (unpaired) electrons. The van der Waals surface area contributed by atoms with E-state index in [4.69, 9.17) is 4.74 Å². The van der Waals surface area contributed by atoms with Crippen LogP contribution < -0.4 is 5.32 Å². The van der Waals surface area contributed by atoms with Gasteiger partial charge in [0, 0.05) is 23.8 Å². The maximum Gasteiger partial charge on any atom is 0.0639 e. The minimum Gasteiger partial charge on any atom is -0.385 e. The van der Waals surface area contributed by atoms with Crippen LogP contribution in [0.1, 0.15) is 31.4 Å². The summed E-state index contributed by atoms with van der Waals surface area (Å²) in [6, 6.07) is 4.33. The van der Waals surface area contributed by atoms with Crippen molar-refractivity contribution in [1.82, 2.24) is 0 Å². The van der Waals surface area contributed by atoms with E-state index in [0.29, 0.717) is 0 Å². The van der Waals surface area contributed by atoms with Crippen LogP contribution in [0.4, 0.5) is 5.69 Å². The topological polar surface area (TPSA) is 21.3 Å². The van der Waals surface area contributed by atoms with Crippen molar-refractivity contribution in [2.75, 3.05) is 19.0 Å². The molecule has 0 aliphatic heterocycles. The summed E-state index contributed by atoms with van der Waals surface area (Å²) in [6.45, 7) is 9.35.